The first kappa shape index (κ1) is 12.2. The Kier molecular flexibility index (Phi) is 4.32. The summed E-state index contributed by atoms with van der Waals surface area (Å²) < 4.78 is 9.78. The van der Waals surface area contributed by atoms with Crippen molar-refractivity contribution in [3.63, 3.8) is 0 Å². The zero-order chi connectivity index (χ0) is 11.4. The summed E-state index contributed by atoms with van der Waals surface area (Å²) in [5, 5.41) is 37.0. The molecule has 0 bridgehead atoms. The minimum absolute atomic E-state index is 0.482. The molecule has 15 heavy (non-hydrogen) atoms. The second kappa shape index (κ2) is 5.30. The summed E-state index contributed by atoms with van der Waals surface area (Å²) in [6, 6.07) is 0. The van der Waals surface area contributed by atoms with Gasteiger partial charge in [0, 0.05) is 6.92 Å². The lowest BCUT2D eigenvalue weighted by molar-refractivity contribution is -0.284. The van der Waals surface area contributed by atoms with Crippen LogP contribution >= 0.6 is 0 Å². The van der Waals surface area contributed by atoms with E-state index in [0.717, 1.165) is 0 Å². The third kappa shape index (κ3) is 2.59. The number of aliphatic hydroxyl groups excluding tert-OH is 4. The molecule has 86 valence electrons. The second-order valence-corrected chi connectivity index (χ2v) is 3.17. The van der Waals surface area contributed by atoms with Crippen LogP contribution in [0.5, 0.6) is 0 Å². The third-order valence-electron chi connectivity index (χ3n) is 2.13. The Hall–Kier alpha value is -0.840. The summed E-state index contributed by atoms with van der Waals surface area (Å²) in [5.41, 5.74) is 0. The molecular formula is C9H14O6. The molecule has 0 amide bonds. The van der Waals surface area contributed by atoms with Gasteiger partial charge in [-0.3, -0.25) is 0 Å². The summed E-state index contributed by atoms with van der Waals surface area (Å²) in [6.07, 6.45) is -4.13. The van der Waals surface area contributed by atoms with E-state index in [2.05, 4.69) is 12.0 Å². The number of hydrogen-bond donors (Lipinski definition) is 4. The first-order valence-corrected chi connectivity index (χ1v) is 4.49. The molecule has 4 N–H and O–H groups in total. The molecule has 0 radical (unpaired) electrons. The van der Waals surface area contributed by atoms with Gasteiger partial charge in [-0.05, 0) is 0 Å². The molecule has 0 saturated carbocycles. The topological polar surface area (TPSA) is 99.4 Å². The van der Waals surface area contributed by atoms with Gasteiger partial charge in [0.2, 0.25) is 6.29 Å². The minimum atomic E-state index is -1.43. The summed E-state index contributed by atoms with van der Waals surface area (Å²) >= 11 is 0. The predicted octanol–water partition coefficient (Wildman–Crippen LogP) is -2.22. The van der Waals surface area contributed by atoms with Gasteiger partial charge in [0.25, 0.3) is 0 Å². The van der Waals surface area contributed by atoms with E-state index in [1.807, 2.05) is 0 Å². The minimum Gasteiger partial charge on any atom is -0.411 e. The number of aliphatic hydroxyl groups is 4. The highest BCUT2D eigenvalue weighted by Gasteiger charge is 2.44. The number of ether oxygens (including phenoxy) is 2. The van der Waals surface area contributed by atoms with Crippen molar-refractivity contribution in [2.75, 3.05) is 6.61 Å². The van der Waals surface area contributed by atoms with Gasteiger partial charge >= 0.3 is 0 Å². The van der Waals surface area contributed by atoms with E-state index in [1.165, 1.54) is 6.92 Å². The summed E-state index contributed by atoms with van der Waals surface area (Å²) in [5.74, 6) is 2.42. The largest absolute Gasteiger partial charge is 0.411 e. The average molecular weight is 218 g/mol. The Morgan fingerprint density at radius 1 is 1.20 bits per heavy atom. The van der Waals surface area contributed by atoms with Crippen LogP contribution in [0, 0.1) is 12.0 Å². The van der Waals surface area contributed by atoms with Crippen molar-refractivity contribution in [1.82, 2.24) is 0 Å². The van der Waals surface area contributed by atoms with Crippen LogP contribution < -0.4 is 0 Å². The van der Waals surface area contributed by atoms with Crippen molar-refractivity contribution in [3.8, 4) is 12.0 Å². The van der Waals surface area contributed by atoms with Crippen molar-refractivity contribution in [2.45, 2.75) is 37.6 Å². The molecule has 0 aromatic carbocycles. The highest BCUT2D eigenvalue weighted by Crippen LogP contribution is 2.21. The lowest BCUT2D eigenvalue weighted by Crippen LogP contribution is -2.58. The van der Waals surface area contributed by atoms with E-state index in [1.54, 1.807) is 0 Å². The van der Waals surface area contributed by atoms with Crippen LogP contribution in [-0.2, 0) is 9.47 Å². The van der Waals surface area contributed by atoms with Gasteiger partial charge in [-0.1, -0.05) is 5.92 Å². The van der Waals surface area contributed by atoms with Crippen LogP contribution in [0.3, 0.4) is 0 Å². The van der Waals surface area contributed by atoms with Crippen molar-refractivity contribution >= 4 is 0 Å². The zero-order valence-corrected chi connectivity index (χ0v) is 8.20. The number of rotatable bonds is 2. The molecule has 0 aliphatic carbocycles. The van der Waals surface area contributed by atoms with Crippen molar-refractivity contribution in [2.24, 2.45) is 0 Å². The van der Waals surface area contributed by atoms with Gasteiger partial charge in [-0.25, -0.2) is 0 Å². The Balaban J connectivity index is 2.68. The van der Waals surface area contributed by atoms with Gasteiger partial charge in [0.15, 0.2) is 0 Å². The van der Waals surface area contributed by atoms with E-state index < -0.39 is 37.3 Å². The maximum absolute atomic E-state index is 9.44. The highest BCUT2D eigenvalue weighted by atomic mass is 16.7. The standard InChI is InChI=1S/C9H14O6/c1-2-3-14-9-8(13)7(12)6(11)5(4-10)15-9/h5-13H,4H2,1H3. The van der Waals surface area contributed by atoms with E-state index in [4.69, 9.17) is 14.6 Å². The Morgan fingerprint density at radius 3 is 2.40 bits per heavy atom. The Bertz CT molecular complexity index is 255. The van der Waals surface area contributed by atoms with Gasteiger partial charge in [-0.2, -0.15) is 0 Å². The maximum Gasteiger partial charge on any atom is 0.239 e. The summed E-state index contributed by atoms with van der Waals surface area (Å²) in [7, 11) is 0. The smallest absolute Gasteiger partial charge is 0.239 e. The molecule has 1 rings (SSSR count). The molecule has 5 unspecified atom stereocenters. The molecule has 6 heteroatoms. The van der Waals surface area contributed by atoms with Crippen LogP contribution in [0.25, 0.3) is 0 Å². The number of hydrogen-bond acceptors (Lipinski definition) is 6. The van der Waals surface area contributed by atoms with Gasteiger partial charge in [0.1, 0.15) is 30.5 Å². The molecule has 5 atom stereocenters. The molecule has 6 nitrogen and oxygen atoms in total. The van der Waals surface area contributed by atoms with Crippen LogP contribution in [-0.4, -0.2) is 57.7 Å². The van der Waals surface area contributed by atoms with Crippen LogP contribution in [0.2, 0.25) is 0 Å². The second-order valence-electron chi connectivity index (χ2n) is 3.17. The van der Waals surface area contributed by atoms with E-state index in [0.29, 0.717) is 0 Å². The third-order valence-corrected chi connectivity index (χ3v) is 2.13. The van der Waals surface area contributed by atoms with Crippen molar-refractivity contribution in [1.29, 1.82) is 0 Å². The zero-order valence-electron chi connectivity index (χ0n) is 8.20. The average Bonchev–Trinajstić information content (AvgIpc) is 2.25. The molecule has 0 spiro atoms. The van der Waals surface area contributed by atoms with Crippen LogP contribution in [0.4, 0.5) is 0 Å². The fourth-order valence-electron chi connectivity index (χ4n) is 1.28. The first-order chi connectivity index (χ1) is 7.11. The summed E-state index contributed by atoms with van der Waals surface area (Å²) in [6.45, 7) is 1.05. The SMILES string of the molecule is CC#COC1OC(CO)C(O)C(O)C1O. The lowest BCUT2D eigenvalue weighted by Gasteiger charge is -2.38. The van der Waals surface area contributed by atoms with Crippen molar-refractivity contribution < 1.29 is 29.9 Å². The first-order valence-electron chi connectivity index (χ1n) is 4.49. The van der Waals surface area contributed by atoms with E-state index in [9.17, 15) is 15.3 Å². The fraction of sp³-hybridized carbons (Fsp3) is 0.778. The van der Waals surface area contributed by atoms with Gasteiger partial charge < -0.3 is 29.9 Å². The normalized spacial score (nSPS) is 40.5. The van der Waals surface area contributed by atoms with E-state index in [-0.39, 0.29) is 0 Å². The molecule has 1 aliphatic heterocycles. The van der Waals surface area contributed by atoms with E-state index >= 15 is 0 Å². The van der Waals surface area contributed by atoms with Crippen LogP contribution in [0.1, 0.15) is 6.92 Å². The monoisotopic (exact) mass is 218 g/mol. The highest BCUT2D eigenvalue weighted by molar-refractivity contribution is 4.92. The quantitative estimate of drug-likeness (QED) is 0.392. The molecule has 0 aromatic rings. The maximum atomic E-state index is 9.44. The van der Waals surface area contributed by atoms with Crippen molar-refractivity contribution in [3.05, 3.63) is 0 Å². The molecule has 1 heterocycles. The molecule has 1 saturated heterocycles. The molecule has 1 aliphatic rings. The molecular weight excluding hydrogens is 204 g/mol. The summed E-state index contributed by atoms with van der Waals surface area (Å²) in [4.78, 5) is 0. The van der Waals surface area contributed by atoms with Crippen LogP contribution in [0.15, 0.2) is 0 Å². The lowest BCUT2D eigenvalue weighted by atomic mass is 9.99. The Morgan fingerprint density at radius 2 is 1.87 bits per heavy atom. The van der Waals surface area contributed by atoms with Gasteiger partial charge in [-0.15, -0.1) is 0 Å². The predicted molar refractivity (Wildman–Crippen MR) is 48.3 cm³/mol. The molecule has 0 aromatic heterocycles. The Labute approximate surface area is 87.1 Å². The molecule has 1 fully saturated rings. The fourth-order valence-corrected chi connectivity index (χ4v) is 1.28. The van der Waals surface area contributed by atoms with Gasteiger partial charge in [0.05, 0.1) is 6.61 Å².